The van der Waals surface area contributed by atoms with Gasteiger partial charge < -0.3 is 10.2 Å². The van der Waals surface area contributed by atoms with Gasteiger partial charge in [0, 0.05) is 13.1 Å². The van der Waals surface area contributed by atoms with Crippen molar-refractivity contribution in [2.45, 2.75) is 19.3 Å². The molecule has 1 saturated heterocycles. The van der Waals surface area contributed by atoms with Gasteiger partial charge in [-0.1, -0.05) is 0 Å². The number of nitrogens with zero attached hydrogens (tertiary/aromatic N) is 1. The van der Waals surface area contributed by atoms with Gasteiger partial charge in [-0.25, -0.2) is 0 Å². The van der Waals surface area contributed by atoms with E-state index in [4.69, 9.17) is 0 Å². The Hall–Kier alpha value is -0.710. The Labute approximate surface area is 76.1 Å². The lowest BCUT2D eigenvalue weighted by molar-refractivity contribution is -0.131. The fourth-order valence-corrected chi connectivity index (χ4v) is 1.42. The Bertz CT molecular complexity index is 170. The first-order valence-corrected chi connectivity index (χ1v) is 4.48. The molecule has 1 rings (SSSR count). The van der Waals surface area contributed by atoms with Crippen molar-refractivity contribution >= 4 is 5.91 Å². The molecule has 13 heavy (non-hydrogen) atoms. The van der Waals surface area contributed by atoms with E-state index in [0.717, 1.165) is 13.1 Å². The van der Waals surface area contributed by atoms with Crippen LogP contribution in [0.15, 0.2) is 0 Å². The molecular weight excluding hydrogens is 178 g/mol. The van der Waals surface area contributed by atoms with E-state index in [-0.39, 0.29) is 0 Å². The predicted molar refractivity (Wildman–Crippen MR) is 44.7 cm³/mol. The Kier molecular flexibility index (Phi) is 4.08. The molecule has 1 N–H and O–H groups in total. The third kappa shape index (κ3) is 3.67. The number of hydrogen-bond donors (Lipinski definition) is 1. The highest BCUT2D eigenvalue weighted by molar-refractivity contribution is 5.78. The fraction of sp³-hybridized carbons (Fsp3) is 0.875. The van der Waals surface area contributed by atoms with Crippen LogP contribution in [0, 0.1) is 0 Å². The summed E-state index contributed by atoms with van der Waals surface area (Å²) in [5.74, 6) is -1.17. The number of amides is 1. The van der Waals surface area contributed by atoms with Crippen molar-refractivity contribution in [1.29, 1.82) is 0 Å². The summed E-state index contributed by atoms with van der Waals surface area (Å²) in [5, 5.41) is 2.18. The van der Waals surface area contributed by atoms with Gasteiger partial charge in [-0.15, -0.1) is 0 Å². The number of alkyl halides is 2. The minimum absolute atomic E-state index is 0.323. The molecule has 0 aliphatic carbocycles. The average molecular weight is 192 g/mol. The quantitative estimate of drug-likeness (QED) is 0.702. The molecule has 1 amide bonds. The van der Waals surface area contributed by atoms with Gasteiger partial charge >= 0.3 is 6.43 Å². The smallest absolute Gasteiger partial charge is 0.315 e. The van der Waals surface area contributed by atoms with E-state index in [2.05, 4.69) is 10.2 Å². The predicted octanol–water partition coefficient (Wildman–Crippen LogP) is 0.463. The van der Waals surface area contributed by atoms with E-state index >= 15 is 0 Å². The molecule has 1 fully saturated rings. The van der Waals surface area contributed by atoms with E-state index < -0.39 is 12.3 Å². The Morgan fingerprint density at radius 1 is 1.38 bits per heavy atom. The summed E-state index contributed by atoms with van der Waals surface area (Å²) in [6, 6.07) is 0. The minimum Gasteiger partial charge on any atom is -0.350 e. The van der Waals surface area contributed by atoms with Crippen LogP contribution in [0.2, 0.25) is 0 Å². The lowest BCUT2D eigenvalue weighted by Gasteiger charge is -2.14. The van der Waals surface area contributed by atoms with Crippen LogP contribution in [0.1, 0.15) is 12.8 Å². The summed E-state index contributed by atoms with van der Waals surface area (Å²) >= 11 is 0. The molecule has 0 saturated carbocycles. The summed E-state index contributed by atoms with van der Waals surface area (Å²) in [4.78, 5) is 12.6. The summed E-state index contributed by atoms with van der Waals surface area (Å²) < 4.78 is 23.4. The van der Waals surface area contributed by atoms with E-state index in [1.54, 1.807) is 0 Å². The topological polar surface area (TPSA) is 32.3 Å². The summed E-state index contributed by atoms with van der Waals surface area (Å²) in [6.07, 6.45) is -0.551. The highest BCUT2D eigenvalue weighted by atomic mass is 19.3. The molecule has 1 aliphatic rings. The third-order valence-electron chi connectivity index (χ3n) is 2.12. The largest absolute Gasteiger partial charge is 0.350 e. The highest BCUT2D eigenvalue weighted by Crippen LogP contribution is 2.05. The molecule has 0 spiro atoms. The number of hydrogen-bond acceptors (Lipinski definition) is 2. The van der Waals surface area contributed by atoms with Gasteiger partial charge in [0.25, 0.3) is 5.91 Å². The van der Waals surface area contributed by atoms with Crippen LogP contribution < -0.4 is 5.32 Å². The monoisotopic (exact) mass is 192 g/mol. The molecule has 3 nitrogen and oxygen atoms in total. The molecular formula is C8H14F2N2O. The Balaban J connectivity index is 2.03. The van der Waals surface area contributed by atoms with Crippen molar-refractivity contribution in [2.24, 2.45) is 0 Å². The maximum Gasteiger partial charge on any atom is 0.315 e. The molecule has 5 heteroatoms. The maximum absolute atomic E-state index is 11.7. The number of carbonyl (C=O) groups excluding carboxylic acids is 1. The summed E-state index contributed by atoms with van der Waals surface area (Å²) in [6.45, 7) is 3.04. The zero-order valence-corrected chi connectivity index (χ0v) is 7.43. The van der Waals surface area contributed by atoms with E-state index in [1.807, 2.05) is 0 Å². The number of carbonyl (C=O) groups is 1. The van der Waals surface area contributed by atoms with Crippen LogP contribution >= 0.6 is 0 Å². The van der Waals surface area contributed by atoms with Gasteiger partial charge in [0.15, 0.2) is 0 Å². The molecule has 76 valence electrons. The van der Waals surface area contributed by atoms with Gasteiger partial charge in [0.05, 0.1) is 0 Å². The highest BCUT2D eigenvalue weighted by Gasteiger charge is 2.15. The number of nitrogens with one attached hydrogen (secondary N) is 1. The van der Waals surface area contributed by atoms with E-state index in [0.29, 0.717) is 13.1 Å². The molecule has 1 heterocycles. The molecule has 0 aromatic heterocycles. The van der Waals surface area contributed by atoms with Crippen LogP contribution in [0.25, 0.3) is 0 Å². The van der Waals surface area contributed by atoms with Crippen molar-refractivity contribution in [1.82, 2.24) is 10.2 Å². The summed E-state index contributed by atoms with van der Waals surface area (Å²) in [7, 11) is 0. The van der Waals surface area contributed by atoms with Crippen LogP contribution in [0.3, 0.4) is 0 Å². The standard InChI is InChI=1S/C8H14F2N2O/c9-7(10)8(13)11-3-6-12-4-1-2-5-12/h7H,1-6H2,(H,11,13). The fourth-order valence-electron chi connectivity index (χ4n) is 1.42. The van der Waals surface area contributed by atoms with E-state index in [1.165, 1.54) is 12.8 Å². The first-order valence-electron chi connectivity index (χ1n) is 4.48. The van der Waals surface area contributed by atoms with E-state index in [9.17, 15) is 13.6 Å². The van der Waals surface area contributed by atoms with Crippen molar-refractivity contribution in [3.8, 4) is 0 Å². The minimum atomic E-state index is -2.89. The number of rotatable bonds is 4. The van der Waals surface area contributed by atoms with Crippen molar-refractivity contribution in [3.63, 3.8) is 0 Å². The second-order valence-electron chi connectivity index (χ2n) is 3.14. The zero-order chi connectivity index (χ0) is 9.68. The second kappa shape index (κ2) is 5.11. The van der Waals surface area contributed by atoms with Gasteiger partial charge in [-0.3, -0.25) is 4.79 Å². The lowest BCUT2D eigenvalue weighted by Crippen LogP contribution is -2.36. The van der Waals surface area contributed by atoms with Gasteiger partial charge in [-0.2, -0.15) is 8.78 Å². The van der Waals surface area contributed by atoms with Crippen molar-refractivity contribution in [3.05, 3.63) is 0 Å². The lowest BCUT2D eigenvalue weighted by atomic mass is 10.4. The molecule has 0 bridgehead atoms. The number of halogens is 2. The number of likely N-dealkylation sites (tertiary alicyclic amines) is 1. The molecule has 0 aromatic rings. The van der Waals surface area contributed by atoms with Crippen molar-refractivity contribution in [2.75, 3.05) is 26.2 Å². The van der Waals surface area contributed by atoms with Gasteiger partial charge in [-0.05, 0) is 25.9 Å². The molecule has 1 aliphatic heterocycles. The Morgan fingerprint density at radius 3 is 2.54 bits per heavy atom. The van der Waals surface area contributed by atoms with Gasteiger partial charge in [0.1, 0.15) is 0 Å². The Morgan fingerprint density at radius 2 is 2.00 bits per heavy atom. The van der Waals surface area contributed by atoms with Gasteiger partial charge in [0.2, 0.25) is 0 Å². The average Bonchev–Trinajstić information content (AvgIpc) is 2.56. The molecule has 0 atom stereocenters. The first kappa shape index (κ1) is 10.4. The van der Waals surface area contributed by atoms with Crippen LogP contribution in [-0.4, -0.2) is 43.4 Å². The zero-order valence-electron chi connectivity index (χ0n) is 7.43. The normalized spacial score (nSPS) is 18.1. The van der Waals surface area contributed by atoms with Crippen LogP contribution in [0.5, 0.6) is 0 Å². The van der Waals surface area contributed by atoms with Crippen LogP contribution in [-0.2, 0) is 4.79 Å². The SMILES string of the molecule is O=C(NCCN1CCCC1)C(F)F. The van der Waals surface area contributed by atoms with Crippen LogP contribution in [0.4, 0.5) is 8.78 Å². The molecule has 0 aromatic carbocycles. The second-order valence-corrected chi connectivity index (χ2v) is 3.14. The molecule has 0 unspecified atom stereocenters. The molecule has 0 radical (unpaired) electrons. The van der Waals surface area contributed by atoms with Crippen molar-refractivity contribution < 1.29 is 13.6 Å². The maximum atomic E-state index is 11.7. The first-order chi connectivity index (χ1) is 6.20. The third-order valence-corrected chi connectivity index (χ3v) is 2.12. The summed E-state index contributed by atoms with van der Waals surface area (Å²) in [5.41, 5.74) is 0.